The van der Waals surface area contributed by atoms with Crippen molar-refractivity contribution in [1.29, 1.82) is 0 Å². The summed E-state index contributed by atoms with van der Waals surface area (Å²) in [5, 5.41) is 0. The van der Waals surface area contributed by atoms with E-state index in [1.54, 1.807) is 0 Å². The molecule has 0 aromatic heterocycles. The monoisotopic (exact) mass is 188 g/mol. The normalized spacial score (nSPS) is 10.4. The van der Waals surface area contributed by atoms with Crippen LogP contribution in [0.2, 0.25) is 0 Å². The van der Waals surface area contributed by atoms with E-state index in [0.29, 0.717) is 0 Å². The lowest BCUT2D eigenvalue weighted by molar-refractivity contribution is 1.07. The molecule has 0 unspecified atom stereocenters. The summed E-state index contributed by atoms with van der Waals surface area (Å²) in [5.74, 6) is 0. The highest BCUT2D eigenvalue weighted by Gasteiger charge is 2.07. The third-order valence-electron chi connectivity index (χ3n) is 2.99. The Morgan fingerprint density at radius 1 is 1.07 bits per heavy atom. The van der Waals surface area contributed by atoms with Gasteiger partial charge in [-0.3, -0.25) is 0 Å². The van der Waals surface area contributed by atoms with Crippen LogP contribution in [-0.2, 0) is 6.42 Å². The Hall–Kier alpha value is -1.04. The third kappa shape index (κ3) is 2.06. The lowest BCUT2D eigenvalue weighted by Crippen LogP contribution is -1.99. The minimum atomic E-state index is 1.01. The van der Waals surface area contributed by atoms with Crippen molar-refractivity contribution in [3.63, 3.8) is 0 Å². The maximum absolute atomic E-state index is 3.98. The van der Waals surface area contributed by atoms with Crippen LogP contribution in [0.4, 0.5) is 0 Å². The molecular weight excluding hydrogens is 168 g/mol. The van der Waals surface area contributed by atoms with Crippen molar-refractivity contribution >= 4 is 0 Å². The molecule has 0 spiro atoms. The zero-order chi connectivity index (χ0) is 10.9. The van der Waals surface area contributed by atoms with E-state index in [2.05, 4.69) is 47.3 Å². The van der Waals surface area contributed by atoms with Gasteiger partial charge in [0, 0.05) is 0 Å². The van der Waals surface area contributed by atoms with Crippen molar-refractivity contribution in [2.24, 2.45) is 0 Å². The van der Waals surface area contributed by atoms with Gasteiger partial charge in [-0.15, -0.1) is 0 Å². The standard InChI is InChI=1S/C14H20/c1-9(2)7-14-11(4)8-10(3)12(5)13(14)6/h8H,1,7H2,2-6H3. The minimum Gasteiger partial charge on any atom is -0.0998 e. The fraction of sp³-hybridized carbons (Fsp3) is 0.429. The van der Waals surface area contributed by atoms with E-state index in [9.17, 15) is 0 Å². The van der Waals surface area contributed by atoms with E-state index in [0.717, 1.165) is 6.42 Å². The first-order chi connectivity index (χ1) is 6.43. The quantitative estimate of drug-likeness (QED) is 0.614. The van der Waals surface area contributed by atoms with E-state index < -0.39 is 0 Å². The number of hydrogen-bond acceptors (Lipinski definition) is 0. The van der Waals surface area contributed by atoms with Crippen LogP contribution in [0.25, 0.3) is 0 Å². The highest BCUT2D eigenvalue weighted by atomic mass is 14.1. The van der Waals surface area contributed by atoms with E-state index in [-0.39, 0.29) is 0 Å². The summed E-state index contributed by atoms with van der Waals surface area (Å²) in [7, 11) is 0. The first-order valence-electron chi connectivity index (χ1n) is 5.14. The molecule has 76 valence electrons. The Balaban J connectivity index is 3.29. The summed E-state index contributed by atoms with van der Waals surface area (Å²) in [5.41, 5.74) is 8.34. The highest BCUT2D eigenvalue weighted by molar-refractivity contribution is 5.45. The summed E-state index contributed by atoms with van der Waals surface area (Å²) in [6.07, 6.45) is 1.01. The molecule has 0 nitrogen and oxygen atoms in total. The second-order valence-electron chi connectivity index (χ2n) is 4.37. The van der Waals surface area contributed by atoms with Gasteiger partial charge in [-0.1, -0.05) is 18.2 Å². The van der Waals surface area contributed by atoms with Gasteiger partial charge in [-0.25, -0.2) is 0 Å². The molecule has 1 rings (SSSR count). The van der Waals surface area contributed by atoms with Crippen molar-refractivity contribution in [2.45, 2.75) is 41.0 Å². The van der Waals surface area contributed by atoms with E-state index >= 15 is 0 Å². The molecule has 0 bridgehead atoms. The lowest BCUT2D eigenvalue weighted by Gasteiger charge is -2.14. The Morgan fingerprint density at radius 3 is 2.14 bits per heavy atom. The van der Waals surface area contributed by atoms with Crippen molar-refractivity contribution in [2.75, 3.05) is 0 Å². The van der Waals surface area contributed by atoms with Gasteiger partial charge in [0.15, 0.2) is 0 Å². The topological polar surface area (TPSA) is 0 Å². The average Bonchev–Trinajstić information content (AvgIpc) is 2.09. The van der Waals surface area contributed by atoms with Gasteiger partial charge >= 0.3 is 0 Å². The van der Waals surface area contributed by atoms with Crippen molar-refractivity contribution < 1.29 is 0 Å². The van der Waals surface area contributed by atoms with Crippen LogP contribution in [0.1, 0.15) is 34.7 Å². The molecule has 0 aliphatic rings. The number of hydrogen-bond donors (Lipinski definition) is 0. The molecule has 0 saturated heterocycles. The smallest absolute Gasteiger partial charge is 0.00672 e. The van der Waals surface area contributed by atoms with Gasteiger partial charge in [-0.2, -0.15) is 0 Å². The Bertz CT molecular complexity index is 370. The van der Waals surface area contributed by atoms with Crippen LogP contribution in [0.3, 0.4) is 0 Å². The lowest BCUT2D eigenvalue weighted by atomic mass is 9.91. The number of aryl methyl sites for hydroxylation is 2. The molecule has 0 N–H and O–H groups in total. The maximum Gasteiger partial charge on any atom is -0.00672 e. The molecule has 1 aromatic rings. The summed E-state index contributed by atoms with van der Waals surface area (Å²) >= 11 is 0. The fourth-order valence-corrected chi connectivity index (χ4v) is 1.91. The van der Waals surface area contributed by atoms with Crippen LogP contribution in [0.5, 0.6) is 0 Å². The SMILES string of the molecule is C=C(C)Cc1c(C)cc(C)c(C)c1C. The molecule has 0 saturated carbocycles. The summed E-state index contributed by atoms with van der Waals surface area (Å²) in [6.45, 7) is 14.9. The summed E-state index contributed by atoms with van der Waals surface area (Å²) in [4.78, 5) is 0. The van der Waals surface area contributed by atoms with E-state index in [4.69, 9.17) is 0 Å². The molecule has 0 radical (unpaired) electrons. The first kappa shape index (κ1) is 11.0. The number of rotatable bonds is 2. The van der Waals surface area contributed by atoms with Crippen LogP contribution in [0.15, 0.2) is 18.2 Å². The highest BCUT2D eigenvalue weighted by Crippen LogP contribution is 2.23. The van der Waals surface area contributed by atoms with Crippen molar-refractivity contribution in [1.82, 2.24) is 0 Å². The largest absolute Gasteiger partial charge is 0.0998 e. The first-order valence-corrected chi connectivity index (χ1v) is 5.14. The molecule has 0 atom stereocenters. The molecule has 0 fully saturated rings. The second-order valence-corrected chi connectivity index (χ2v) is 4.37. The van der Waals surface area contributed by atoms with E-state index in [1.807, 2.05) is 0 Å². The second kappa shape index (κ2) is 4.00. The third-order valence-corrected chi connectivity index (χ3v) is 2.99. The molecule has 0 amide bonds. The maximum atomic E-state index is 3.98. The molecule has 14 heavy (non-hydrogen) atoms. The van der Waals surface area contributed by atoms with Gasteiger partial charge < -0.3 is 0 Å². The number of allylic oxidation sites excluding steroid dienone is 1. The number of benzene rings is 1. The molecule has 0 aliphatic heterocycles. The zero-order valence-corrected chi connectivity index (χ0v) is 9.99. The average molecular weight is 188 g/mol. The fourth-order valence-electron chi connectivity index (χ4n) is 1.91. The zero-order valence-electron chi connectivity index (χ0n) is 9.99. The summed E-state index contributed by atoms with van der Waals surface area (Å²) < 4.78 is 0. The predicted octanol–water partition coefficient (Wildman–Crippen LogP) is 4.04. The van der Waals surface area contributed by atoms with Gasteiger partial charge in [-0.05, 0) is 68.9 Å². The van der Waals surface area contributed by atoms with Crippen LogP contribution in [0, 0.1) is 27.7 Å². The van der Waals surface area contributed by atoms with Crippen molar-refractivity contribution in [3.8, 4) is 0 Å². The molecule has 0 heteroatoms. The van der Waals surface area contributed by atoms with Gasteiger partial charge in [0.05, 0.1) is 0 Å². The van der Waals surface area contributed by atoms with Crippen molar-refractivity contribution in [3.05, 3.63) is 46.0 Å². The molecular formula is C14H20. The predicted molar refractivity (Wildman–Crippen MR) is 63.9 cm³/mol. The van der Waals surface area contributed by atoms with E-state index in [1.165, 1.54) is 33.4 Å². The molecule has 0 aliphatic carbocycles. The minimum absolute atomic E-state index is 1.01. The Labute approximate surface area is 87.7 Å². The molecule has 0 heterocycles. The van der Waals surface area contributed by atoms with Crippen LogP contribution in [-0.4, -0.2) is 0 Å². The van der Waals surface area contributed by atoms with Crippen LogP contribution < -0.4 is 0 Å². The Kier molecular flexibility index (Phi) is 3.15. The van der Waals surface area contributed by atoms with Gasteiger partial charge in [0.2, 0.25) is 0 Å². The van der Waals surface area contributed by atoms with Crippen LogP contribution >= 0.6 is 0 Å². The molecule has 1 aromatic carbocycles. The summed E-state index contributed by atoms with van der Waals surface area (Å²) in [6, 6.07) is 2.28. The van der Waals surface area contributed by atoms with Gasteiger partial charge in [0.1, 0.15) is 0 Å². The van der Waals surface area contributed by atoms with Gasteiger partial charge in [0.25, 0.3) is 0 Å². The Morgan fingerprint density at radius 2 is 1.64 bits per heavy atom.